The maximum absolute atomic E-state index is 11.7. The summed E-state index contributed by atoms with van der Waals surface area (Å²) in [5.41, 5.74) is -4.73. The van der Waals surface area contributed by atoms with Gasteiger partial charge in [0.25, 0.3) is 5.78 Å². The second-order valence-corrected chi connectivity index (χ2v) is 3.39. The molecule has 0 radical (unpaired) electrons. The first-order valence-corrected chi connectivity index (χ1v) is 4.70. The van der Waals surface area contributed by atoms with E-state index in [-0.39, 0.29) is 5.56 Å². The molecule has 0 spiro atoms. The summed E-state index contributed by atoms with van der Waals surface area (Å²) in [5.74, 6) is -2.66. The van der Waals surface area contributed by atoms with Crippen LogP contribution in [0.25, 0.3) is 0 Å². The monoisotopic (exact) mass is 250 g/mol. The van der Waals surface area contributed by atoms with Gasteiger partial charge >= 0.3 is 11.5 Å². The molecule has 0 aliphatic rings. The van der Waals surface area contributed by atoms with E-state index in [9.17, 15) is 22.8 Å². The molecule has 0 aliphatic carbocycles. The van der Waals surface area contributed by atoms with Crippen LogP contribution in [-0.4, -0.2) is 17.3 Å². The molecule has 0 unspecified atom stereocenters. The largest absolute Gasteiger partial charge is 0.479 e. The second-order valence-electron chi connectivity index (χ2n) is 2.60. The minimum atomic E-state index is -4.72. The van der Waals surface area contributed by atoms with Crippen molar-refractivity contribution in [3.05, 3.63) is 35.9 Å². The first-order valence-electron chi connectivity index (χ1n) is 3.96. The standard InChI is InChI=1S/C9H5F3O3S/c10-9(11,12)16-15-8(14)7(13)6-4-2-1-3-5-6/h1-5H. The average Bonchev–Trinajstić information content (AvgIpc) is 2.25. The molecule has 0 aliphatic heterocycles. The molecule has 0 heterocycles. The first kappa shape index (κ1) is 12.6. The quantitative estimate of drug-likeness (QED) is 0.470. The van der Waals surface area contributed by atoms with Crippen molar-refractivity contribution in [1.82, 2.24) is 0 Å². The van der Waals surface area contributed by atoms with Gasteiger partial charge in [0.2, 0.25) is 0 Å². The summed E-state index contributed by atoms with van der Waals surface area (Å²) in [5, 5.41) is 0. The summed E-state index contributed by atoms with van der Waals surface area (Å²) in [6.07, 6.45) is 0. The van der Waals surface area contributed by atoms with Crippen LogP contribution in [0.4, 0.5) is 13.2 Å². The van der Waals surface area contributed by atoms with Crippen LogP contribution >= 0.6 is 12.0 Å². The van der Waals surface area contributed by atoms with E-state index in [1.165, 1.54) is 24.3 Å². The smallest absolute Gasteiger partial charge is 0.376 e. The van der Waals surface area contributed by atoms with Crippen molar-refractivity contribution >= 4 is 23.8 Å². The number of benzene rings is 1. The van der Waals surface area contributed by atoms with Crippen LogP contribution in [0.1, 0.15) is 10.4 Å². The fraction of sp³-hybridized carbons (Fsp3) is 0.111. The van der Waals surface area contributed by atoms with Crippen LogP contribution in [-0.2, 0) is 8.98 Å². The summed E-state index contributed by atoms with van der Waals surface area (Å²) in [4.78, 5) is 22.1. The van der Waals surface area contributed by atoms with Gasteiger partial charge in [0.1, 0.15) is 0 Å². The Bertz CT molecular complexity index is 389. The molecule has 86 valence electrons. The van der Waals surface area contributed by atoms with E-state index in [2.05, 4.69) is 4.18 Å². The molecule has 7 heteroatoms. The van der Waals surface area contributed by atoms with Crippen molar-refractivity contribution in [3.63, 3.8) is 0 Å². The number of rotatable bonds is 3. The lowest BCUT2D eigenvalue weighted by atomic mass is 10.1. The molecule has 0 fully saturated rings. The second kappa shape index (κ2) is 5.02. The van der Waals surface area contributed by atoms with Crippen LogP contribution in [0, 0.1) is 0 Å². The van der Waals surface area contributed by atoms with Crippen LogP contribution in [0.2, 0.25) is 0 Å². The van der Waals surface area contributed by atoms with Gasteiger partial charge in [-0.2, -0.15) is 13.2 Å². The SMILES string of the molecule is O=C(OSC(F)(F)F)C(=O)c1ccccc1. The molecule has 0 saturated heterocycles. The lowest BCUT2D eigenvalue weighted by molar-refractivity contribution is -0.129. The summed E-state index contributed by atoms with van der Waals surface area (Å²) in [6, 6.07) is 7.19. The van der Waals surface area contributed by atoms with Crippen molar-refractivity contribution in [2.75, 3.05) is 0 Å². The number of Topliss-reactive ketones (excluding diaryl/α,β-unsaturated/α-hetero) is 1. The third-order valence-corrected chi connectivity index (χ3v) is 1.86. The molecule has 0 N–H and O–H groups in total. The number of hydrogen-bond donors (Lipinski definition) is 0. The number of carbonyl (C=O) groups is 2. The van der Waals surface area contributed by atoms with Crippen LogP contribution < -0.4 is 0 Å². The summed E-state index contributed by atoms with van der Waals surface area (Å²) < 4.78 is 38.7. The van der Waals surface area contributed by atoms with E-state index < -0.39 is 29.3 Å². The van der Waals surface area contributed by atoms with Gasteiger partial charge in [-0.1, -0.05) is 30.3 Å². The fourth-order valence-corrected chi connectivity index (χ4v) is 1.08. The zero-order valence-electron chi connectivity index (χ0n) is 7.65. The molecule has 0 saturated carbocycles. The summed E-state index contributed by atoms with van der Waals surface area (Å²) >= 11 is -1.01. The third kappa shape index (κ3) is 3.93. The molecule has 0 atom stereocenters. The van der Waals surface area contributed by atoms with Crippen molar-refractivity contribution in [2.45, 2.75) is 5.51 Å². The van der Waals surface area contributed by atoms with Gasteiger partial charge in [0.05, 0.1) is 0 Å². The fourth-order valence-electron chi connectivity index (χ4n) is 0.830. The Labute approximate surface area is 92.8 Å². The zero-order valence-corrected chi connectivity index (χ0v) is 8.47. The lowest BCUT2D eigenvalue weighted by Gasteiger charge is -2.04. The van der Waals surface area contributed by atoms with Gasteiger partial charge in [-0.3, -0.25) is 4.79 Å². The van der Waals surface area contributed by atoms with Crippen molar-refractivity contribution < 1.29 is 26.9 Å². The minimum Gasteiger partial charge on any atom is -0.376 e. The van der Waals surface area contributed by atoms with Gasteiger partial charge in [0, 0.05) is 5.56 Å². The predicted octanol–water partition coefficient (Wildman–Crippen LogP) is 2.58. The van der Waals surface area contributed by atoms with E-state index in [1.807, 2.05) is 0 Å². The molecule has 16 heavy (non-hydrogen) atoms. The Hall–Kier alpha value is -1.50. The molecule has 0 amide bonds. The average molecular weight is 250 g/mol. The Kier molecular flexibility index (Phi) is 3.94. The van der Waals surface area contributed by atoms with Crippen LogP contribution in [0.3, 0.4) is 0 Å². The Balaban J connectivity index is 2.59. The summed E-state index contributed by atoms with van der Waals surface area (Å²) in [7, 11) is 0. The summed E-state index contributed by atoms with van der Waals surface area (Å²) in [6.45, 7) is 0. The zero-order chi connectivity index (χ0) is 12.2. The maximum atomic E-state index is 11.7. The number of carbonyl (C=O) groups excluding carboxylic acids is 2. The highest BCUT2D eigenvalue weighted by atomic mass is 32.2. The van der Waals surface area contributed by atoms with Crippen molar-refractivity contribution in [2.24, 2.45) is 0 Å². The van der Waals surface area contributed by atoms with Gasteiger partial charge in [0.15, 0.2) is 12.0 Å². The van der Waals surface area contributed by atoms with E-state index in [4.69, 9.17) is 0 Å². The molecule has 0 aromatic heterocycles. The van der Waals surface area contributed by atoms with E-state index in [1.54, 1.807) is 6.07 Å². The van der Waals surface area contributed by atoms with Crippen molar-refractivity contribution in [1.29, 1.82) is 0 Å². The Morgan fingerprint density at radius 1 is 1.12 bits per heavy atom. The number of hydrogen-bond acceptors (Lipinski definition) is 4. The third-order valence-electron chi connectivity index (χ3n) is 1.43. The number of ketones is 1. The minimum absolute atomic E-state index is 0.0183. The molecular formula is C9H5F3O3S. The molecule has 1 aromatic carbocycles. The van der Waals surface area contributed by atoms with Gasteiger partial charge in [-0.15, -0.1) is 0 Å². The van der Waals surface area contributed by atoms with Gasteiger partial charge in [-0.05, 0) is 0 Å². The van der Waals surface area contributed by atoms with Crippen LogP contribution in [0.15, 0.2) is 30.3 Å². The molecular weight excluding hydrogens is 245 g/mol. The predicted molar refractivity (Wildman–Crippen MR) is 50.5 cm³/mol. The molecule has 1 rings (SSSR count). The van der Waals surface area contributed by atoms with Crippen LogP contribution in [0.5, 0.6) is 0 Å². The van der Waals surface area contributed by atoms with E-state index in [0.29, 0.717) is 0 Å². The van der Waals surface area contributed by atoms with E-state index in [0.717, 1.165) is 0 Å². The first-order chi connectivity index (χ1) is 7.40. The lowest BCUT2D eigenvalue weighted by Crippen LogP contribution is -2.16. The highest BCUT2D eigenvalue weighted by Crippen LogP contribution is 2.31. The highest BCUT2D eigenvalue weighted by Gasteiger charge is 2.34. The highest BCUT2D eigenvalue weighted by molar-refractivity contribution is 7.96. The van der Waals surface area contributed by atoms with Gasteiger partial charge < -0.3 is 4.18 Å². The number of alkyl halides is 3. The molecule has 3 nitrogen and oxygen atoms in total. The van der Waals surface area contributed by atoms with Gasteiger partial charge in [-0.25, -0.2) is 4.79 Å². The normalized spacial score (nSPS) is 10.9. The molecule has 0 bridgehead atoms. The molecule has 1 aromatic rings. The Morgan fingerprint density at radius 2 is 1.69 bits per heavy atom. The van der Waals surface area contributed by atoms with E-state index >= 15 is 0 Å². The maximum Gasteiger partial charge on any atom is 0.479 e. The number of halogens is 3. The topological polar surface area (TPSA) is 43.4 Å². The van der Waals surface area contributed by atoms with Crippen molar-refractivity contribution in [3.8, 4) is 0 Å². The Morgan fingerprint density at radius 3 is 2.19 bits per heavy atom.